The summed E-state index contributed by atoms with van der Waals surface area (Å²) in [5, 5.41) is 3.31. The SMILES string of the molecule is NNc1nc(-c2ccccc2)nc(N2CCNCC2)n1. The van der Waals surface area contributed by atoms with E-state index in [1.807, 2.05) is 30.3 Å². The monoisotopic (exact) mass is 271 g/mol. The Morgan fingerprint density at radius 2 is 1.80 bits per heavy atom. The number of rotatable bonds is 3. The lowest BCUT2D eigenvalue weighted by Gasteiger charge is -2.27. The number of nitrogen functional groups attached to an aromatic ring is 1. The summed E-state index contributed by atoms with van der Waals surface area (Å²) in [5.41, 5.74) is 3.46. The van der Waals surface area contributed by atoms with Crippen molar-refractivity contribution in [1.82, 2.24) is 20.3 Å². The van der Waals surface area contributed by atoms with Crippen molar-refractivity contribution in [3.8, 4) is 11.4 Å². The molecule has 0 bridgehead atoms. The van der Waals surface area contributed by atoms with E-state index in [1.54, 1.807) is 0 Å². The van der Waals surface area contributed by atoms with Crippen molar-refractivity contribution in [3.05, 3.63) is 30.3 Å². The zero-order valence-corrected chi connectivity index (χ0v) is 11.1. The minimum atomic E-state index is 0.382. The molecule has 1 aromatic heterocycles. The highest BCUT2D eigenvalue weighted by atomic mass is 15.4. The largest absolute Gasteiger partial charge is 0.338 e. The summed E-state index contributed by atoms with van der Waals surface area (Å²) >= 11 is 0. The van der Waals surface area contributed by atoms with Gasteiger partial charge in [0.2, 0.25) is 11.9 Å². The highest BCUT2D eigenvalue weighted by molar-refractivity contribution is 5.58. The molecule has 7 heteroatoms. The molecule has 7 nitrogen and oxygen atoms in total. The van der Waals surface area contributed by atoms with Crippen LogP contribution in [0.4, 0.5) is 11.9 Å². The number of anilines is 2. The molecule has 2 heterocycles. The first-order valence-electron chi connectivity index (χ1n) is 6.60. The summed E-state index contributed by atoms with van der Waals surface area (Å²) in [7, 11) is 0. The topological polar surface area (TPSA) is 92.0 Å². The van der Waals surface area contributed by atoms with E-state index in [1.165, 1.54) is 0 Å². The van der Waals surface area contributed by atoms with Crippen molar-refractivity contribution in [2.45, 2.75) is 0 Å². The summed E-state index contributed by atoms with van der Waals surface area (Å²) in [5.74, 6) is 7.13. The first-order valence-corrected chi connectivity index (χ1v) is 6.60. The summed E-state index contributed by atoms with van der Waals surface area (Å²) in [6.45, 7) is 3.61. The summed E-state index contributed by atoms with van der Waals surface area (Å²) in [4.78, 5) is 15.3. The van der Waals surface area contributed by atoms with Gasteiger partial charge in [-0.1, -0.05) is 30.3 Å². The Hall–Kier alpha value is -2.25. The van der Waals surface area contributed by atoms with Crippen molar-refractivity contribution in [2.24, 2.45) is 5.84 Å². The number of nitrogens with zero attached hydrogens (tertiary/aromatic N) is 4. The van der Waals surface area contributed by atoms with Gasteiger partial charge in [0.05, 0.1) is 0 Å². The average molecular weight is 271 g/mol. The van der Waals surface area contributed by atoms with Gasteiger partial charge in [0.25, 0.3) is 0 Å². The number of nitrogens with one attached hydrogen (secondary N) is 2. The molecular formula is C13H17N7. The highest BCUT2D eigenvalue weighted by Crippen LogP contribution is 2.19. The second kappa shape index (κ2) is 5.81. The molecule has 3 rings (SSSR count). The molecule has 1 saturated heterocycles. The summed E-state index contributed by atoms with van der Waals surface area (Å²) in [6, 6.07) is 9.82. The molecule has 0 aliphatic carbocycles. The van der Waals surface area contributed by atoms with Gasteiger partial charge in [-0.2, -0.15) is 15.0 Å². The van der Waals surface area contributed by atoms with Crippen molar-refractivity contribution < 1.29 is 0 Å². The molecule has 20 heavy (non-hydrogen) atoms. The number of hydrogen-bond acceptors (Lipinski definition) is 7. The Morgan fingerprint density at radius 1 is 1.05 bits per heavy atom. The predicted octanol–water partition coefficient (Wildman–Crippen LogP) is 0.234. The normalized spacial score (nSPS) is 15.2. The highest BCUT2D eigenvalue weighted by Gasteiger charge is 2.16. The maximum atomic E-state index is 5.46. The number of aromatic nitrogens is 3. The van der Waals surface area contributed by atoms with E-state index in [0.29, 0.717) is 17.7 Å². The minimum Gasteiger partial charge on any atom is -0.338 e. The van der Waals surface area contributed by atoms with Gasteiger partial charge in [-0.15, -0.1) is 0 Å². The Bertz CT molecular complexity index is 566. The van der Waals surface area contributed by atoms with Crippen LogP contribution in [0.3, 0.4) is 0 Å². The van der Waals surface area contributed by atoms with Crippen LogP contribution < -0.4 is 21.5 Å². The van der Waals surface area contributed by atoms with Crippen LogP contribution in [0.1, 0.15) is 0 Å². The molecule has 0 amide bonds. The van der Waals surface area contributed by atoms with E-state index in [4.69, 9.17) is 5.84 Å². The second-order valence-corrected chi connectivity index (χ2v) is 4.53. The first-order chi connectivity index (χ1) is 9.86. The zero-order valence-electron chi connectivity index (χ0n) is 11.1. The molecule has 4 N–H and O–H groups in total. The number of hydrogen-bond donors (Lipinski definition) is 3. The zero-order chi connectivity index (χ0) is 13.8. The quantitative estimate of drug-likeness (QED) is 0.544. The van der Waals surface area contributed by atoms with Gasteiger partial charge in [-0.05, 0) is 0 Å². The van der Waals surface area contributed by atoms with E-state index in [0.717, 1.165) is 31.7 Å². The van der Waals surface area contributed by atoms with E-state index < -0.39 is 0 Å². The third kappa shape index (κ3) is 2.68. The molecule has 2 aromatic rings. The standard InChI is InChI=1S/C13H17N7/c14-19-12-16-11(10-4-2-1-3-5-10)17-13(18-12)20-8-6-15-7-9-20/h1-5,15H,6-9,14H2,(H,16,17,18,19). The lowest BCUT2D eigenvalue weighted by molar-refractivity contribution is 0.579. The summed E-state index contributed by atoms with van der Waals surface area (Å²) < 4.78 is 0. The van der Waals surface area contributed by atoms with Gasteiger partial charge in [0.15, 0.2) is 5.82 Å². The van der Waals surface area contributed by atoms with Crippen LogP contribution in [-0.2, 0) is 0 Å². The van der Waals surface area contributed by atoms with Crippen molar-refractivity contribution in [2.75, 3.05) is 36.5 Å². The summed E-state index contributed by atoms with van der Waals surface area (Å²) in [6.07, 6.45) is 0. The number of benzene rings is 1. The molecule has 1 aliphatic heterocycles. The molecule has 1 aliphatic rings. The molecule has 104 valence electrons. The van der Waals surface area contributed by atoms with Gasteiger partial charge < -0.3 is 10.2 Å². The molecule has 0 unspecified atom stereocenters. The number of nitrogens with two attached hydrogens (primary N) is 1. The van der Waals surface area contributed by atoms with Crippen LogP contribution in [-0.4, -0.2) is 41.1 Å². The Labute approximate surface area is 117 Å². The van der Waals surface area contributed by atoms with Crippen molar-refractivity contribution in [3.63, 3.8) is 0 Å². The molecule has 0 radical (unpaired) electrons. The van der Waals surface area contributed by atoms with E-state index in [9.17, 15) is 0 Å². The minimum absolute atomic E-state index is 0.382. The smallest absolute Gasteiger partial charge is 0.242 e. The van der Waals surface area contributed by atoms with Gasteiger partial charge in [0, 0.05) is 31.7 Å². The van der Waals surface area contributed by atoms with Crippen LogP contribution in [0.2, 0.25) is 0 Å². The van der Waals surface area contributed by atoms with Crippen LogP contribution in [0, 0.1) is 0 Å². The fourth-order valence-corrected chi connectivity index (χ4v) is 2.15. The van der Waals surface area contributed by atoms with Crippen molar-refractivity contribution >= 4 is 11.9 Å². The van der Waals surface area contributed by atoms with Crippen LogP contribution >= 0.6 is 0 Å². The average Bonchev–Trinajstić information content (AvgIpc) is 2.56. The van der Waals surface area contributed by atoms with Gasteiger partial charge in [-0.25, -0.2) is 5.84 Å². The van der Waals surface area contributed by atoms with E-state index >= 15 is 0 Å². The number of piperazine rings is 1. The van der Waals surface area contributed by atoms with Gasteiger partial charge in [0.1, 0.15) is 0 Å². The fraction of sp³-hybridized carbons (Fsp3) is 0.308. The fourth-order valence-electron chi connectivity index (χ4n) is 2.15. The predicted molar refractivity (Wildman–Crippen MR) is 78.2 cm³/mol. The number of hydrazine groups is 1. The second-order valence-electron chi connectivity index (χ2n) is 4.53. The molecule has 0 atom stereocenters. The van der Waals surface area contributed by atoms with Crippen LogP contribution in [0.15, 0.2) is 30.3 Å². The molecule has 1 fully saturated rings. The Kier molecular flexibility index (Phi) is 3.71. The lowest BCUT2D eigenvalue weighted by atomic mass is 10.2. The molecular weight excluding hydrogens is 254 g/mol. The van der Waals surface area contributed by atoms with Gasteiger partial charge in [-0.3, -0.25) is 5.43 Å². The maximum Gasteiger partial charge on any atom is 0.242 e. The lowest BCUT2D eigenvalue weighted by Crippen LogP contribution is -2.44. The van der Waals surface area contributed by atoms with E-state index in [2.05, 4.69) is 30.6 Å². The first kappa shape index (κ1) is 12.8. The third-order valence-corrected chi connectivity index (χ3v) is 3.18. The molecule has 0 saturated carbocycles. The van der Waals surface area contributed by atoms with Crippen LogP contribution in [0.5, 0.6) is 0 Å². The maximum absolute atomic E-state index is 5.46. The van der Waals surface area contributed by atoms with Crippen molar-refractivity contribution in [1.29, 1.82) is 0 Å². The Balaban J connectivity index is 1.98. The Morgan fingerprint density at radius 3 is 2.50 bits per heavy atom. The van der Waals surface area contributed by atoms with Gasteiger partial charge >= 0.3 is 0 Å². The van der Waals surface area contributed by atoms with E-state index in [-0.39, 0.29) is 0 Å². The third-order valence-electron chi connectivity index (χ3n) is 3.18. The molecule has 0 spiro atoms. The molecule has 1 aromatic carbocycles. The van der Waals surface area contributed by atoms with Crippen LogP contribution in [0.25, 0.3) is 11.4 Å².